The molecule has 1 saturated heterocycles. The molecule has 0 bridgehead atoms. The summed E-state index contributed by atoms with van der Waals surface area (Å²) in [7, 11) is 3.30. The van der Waals surface area contributed by atoms with Crippen LogP contribution in [0.3, 0.4) is 0 Å². The normalized spacial score (nSPS) is 18.6. The van der Waals surface area contributed by atoms with Crippen LogP contribution in [0.1, 0.15) is 43.9 Å². The zero-order valence-corrected chi connectivity index (χ0v) is 20.6. The highest BCUT2D eigenvalue weighted by Crippen LogP contribution is 2.39. The van der Waals surface area contributed by atoms with Gasteiger partial charge in [0.05, 0.1) is 38.0 Å². The van der Waals surface area contributed by atoms with Gasteiger partial charge in [0.25, 0.3) is 0 Å². The van der Waals surface area contributed by atoms with Crippen molar-refractivity contribution < 1.29 is 23.6 Å². The molecule has 0 spiro atoms. The highest BCUT2D eigenvalue weighted by atomic mass is 32.2. The van der Waals surface area contributed by atoms with Gasteiger partial charge < -0.3 is 18.8 Å². The van der Waals surface area contributed by atoms with Crippen LogP contribution in [0.2, 0.25) is 0 Å². The Labute approximate surface area is 204 Å². The Morgan fingerprint density at radius 1 is 1.21 bits per heavy atom. The van der Waals surface area contributed by atoms with E-state index in [0.29, 0.717) is 6.42 Å². The molecule has 1 fully saturated rings. The minimum Gasteiger partial charge on any atom is -0.497 e. The van der Waals surface area contributed by atoms with Gasteiger partial charge >= 0.3 is 5.97 Å². The number of rotatable bonds is 7. The first-order valence-corrected chi connectivity index (χ1v) is 12.0. The second kappa shape index (κ2) is 10.6. The third-order valence-corrected chi connectivity index (χ3v) is 6.39. The van der Waals surface area contributed by atoms with Crippen LogP contribution in [0, 0.1) is 0 Å². The van der Waals surface area contributed by atoms with E-state index in [1.54, 1.807) is 14.2 Å². The second-order valence-corrected chi connectivity index (χ2v) is 9.55. The van der Waals surface area contributed by atoms with Crippen molar-refractivity contribution in [3.05, 3.63) is 59.8 Å². The average molecular weight is 480 g/mol. The molecule has 0 unspecified atom stereocenters. The van der Waals surface area contributed by atoms with E-state index in [-0.39, 0.29) is 18.3 Å². The molecule has 2 heterocycles. The van der Waals surface area contributed by atoms with Gasteiger partial charge in [0.15, 0.2) is 0 Å². The molecule has 2 aromatic carbocycles. The molecule has 1 N–H and O–H groups in total. The summed E-state index contributed by atoms with van der Waals surface area (Å²) in [5.41, 5.74) is 4.80. The predicted molar refractivity (Wildman–Crippen MR) is 135 cm³/mol. The first-order valence-electron chi connectivity index (χ1n) is 11.3. The molecule has 4 rings (SSSR count). The SMILES string of the molecule is COSc1cccc(-c2c(/C=C/[C@@H]3C[C@@H](O)CC(=O)O3)c(C(C)C)nc3ccc(OC)cc23)c1. The Morgan fingerprint density at radius 3 is 2.74 bits per heavy atom. The van der Waals surface area contributed by atoms with E-state index in [0.717, 1.165) is 43.9 Å². The fourth-order valence-electron chi connectivity index (χ4n) is 4.25. The molecule has 1 aromatic heterocycles. The van der Waals surface area contributed by atoms with Crippen LogP contribution in [-0.2, 0) is 13.7 Å². The van der Waals surface area contributed by atoms with Gasteiger partial charge in [-0.25, -0.2) is 0 Å². The standard InChI is InChI=1S/C27H29NO5S/c1-16(2)27-22(10-8-20-13-18(29)14-25(30)33-20)26(17-6-5-7-21(12-17)34-32-4)23-15-19(31-3)9-11-24(23)28-27/h5-12,15-16,18,20,29H,13-14H2,1-4H3/b10-8+/t18-,20-/m1/s1. The fourth-order valence-corrected chi connectivity index (χ4v) is 4.75. The molecule has 0 radical (unpaired) electrons. The first kappa shape index (κ1) is 24.3. The van der Waals surface area contributed by atoms with Gasteiger partial charge in [0, 0.05) is 39.9 Å². The lowest BCUT2D eigenvalue weighted by Crippen LogP contribution is -2.31. The number of carbonyl (C=O) groups is 1. The quantitative estimate of drug-likeness (QED) is 0.341. The minimum absolute atomic E-state index is 0.0358. The molecule has 2 atom stereocenters. The Kier molecular flexibility index (Phi) is 7.56. The fraction of sp³-hybridized carbons (Fsp3) is 0.333. The highest BCUT2D eigenvalue weighted by molar-refractivity contribution is 7.94. The van der Waals surface area contributed by atoms with Crippen LogP contribution in [0.25, 0.3) is 28.1 Å². The van der Waals surface area contributed by atoms with Gasteiger partial charge in [-0.15, -0.1) is 0 Å². The van der Waals surface area contributed by atoms with Crippen LogP contribution in [0.4, 0.5) is 0 Å². The predicted octanol–water partition coefficient (Wildman–Crippen LogP) is 5.77. The van der Waals surface area contributed by atoms with Crippen molar-refractivity contribution in [2.75, 3.05) is 14.2 Å². The zero-order chi connectivity index (χ0) is 24.2. The van der Waals surface area contributed by atoms with Gasteiger partial charge in [-0.1, -0.05) is 32.1 Å². The van der Waals surface area contributed by atoms with Crippen molar-refractivity contribution >= 4 is 35.0 Å². The van der Waals surface area contributed by atoms with Crippen LogP contribution in [0.5, 0.6) is 5.75 Å². The van der Waals surface area contributed by atoms with Crippen molar-refractivity contribution in [3.63, 3.8) is 0 Å². The Morgan fingerprint density at radius 2 is 2.03 bits per heavy atom. The number of methoxy groups -OCH3 is 1. The third kappa shape index (κ3) is 5.27. The average Bonchev–Trinajstić information content (AvgIpc) is 2.81. The number of pyridine rings is 1. The van der Waals surface area contributed by atoms with E-state index in [4.69, 9.17) is 18.6 Å². The summed E-state index contributed by atoms with van der Waals surface area (Å²) in [5.74, 6) is 0.513. The number of benzene rings is 2. The number of ether oxygens (including phenoxy) is 2. The first-order chi connectivity index (χ1) is 16.4. The van der Waals surface area contributed by atoms with Crippen molar-refractivity contribution in [1.29, 1.82) is 0 Å². The summed E-state index contributed by atoms with van der Waals surface area (Å²) >= 11 is 1.31. The molecule has 1 aliphatic rings. The van der Waals surface area contributed by atoms with E-state index in [9.17, 15) is 9.90 Å². The van der Waals surface area contributed by atoms with E-state index in [1.807, 2.05) is 42.5 Å². The van der Waals surface area contributed by atoms with E-state index < -0.39 is 12.2 Å². The number of carbonyl (C=O) groups excluding carboxylic acids is 1. The molecule has 0 aliphatic carbocycles. The van der Waals surface area contributed by atoms with Gasteiger partial charge in [0.2, 0.25) is 0 Å². The van der Waals surface area contributed by atoms with Crippen LogP contribution >= 0.6 is 12.0 Å². The lowest BCUT2D eigenvalue weighted by molar-refractivity contribution is -0.156. The number of nitrogens with zero attached hydrogens (tertiary/aromatic N) is 1. The maximum atomic E-state index is 11.8. The smallest absolute Gasteiger partial charge is 0.309 e. The second-order valence-electron chi connectivity index (χ2n) is 8.58. The highest BCUT2D eigenvalue weighted by Gasteiger charge is 2.26. The molecular weight excluding hydrogens is 450 g/mol. The maximum Gasteiger partial charge on any atom is 0.309 e. The lowest BCUT2D eigenvalue weighted by Gasteiger charge is -2.24. The molecule has 0 amide bonds. The minimum atomic E-state index is -0.693. The van der Waals surface area contributed by atoms with Gasteiger partial charge in [-0.2, -0.15) is 0 Å². The van der Waals surface area contributed by atoms with Crippen molar-refractivity contribution in [1.82, 2.24) is 4.98 Å². The molecule has 1 aliphatic heterocycles. The number of aliphatic hydroxyl groups is 1. The lowest BCUT2D eigenvalue weighted by atomic mass is 9.90. The summed E-state index contributed by atoms with van der Waals surface area (Å²) in [5, 5.41) is 11.0. The van der Waals surface area contributed by atoms with E-state index in [1.165, 1.54) is 12.0 Å². The molecule has 0 saturated carbocycles. The topological polar surface area (TPSA) is 77.9 Å². The Hall–Kier alpha value is -2.87. The zero-order valence-electron chi connectivity index (χ0n) is 19.8. The van der Waals surface area contributed by atoms with Crippen LogP contribution < -0.4 is 4.74 Å². The Balaban J connectivity index is 1.95. The van der Waals surface area contributed by atoms with Crippen molar-refractivity contribution in [3.8, 4) is 16.9 Å². The summed E-state index contributed by atoms with van der Waals surface area (Å²) in [6.07, 6.45) is 3.06. The van der Waals surface area contributed by atoms with Gasteiger partial charge in [-0.3, -0.25) is 9.78 Å². The molecule has 7 heteroatoms. The number of esters is 1. The summed E-state index contributed by atoms with van der Waals surface area (Å²) in [4.78, 5) is 17.8. The van der Waals surface area contributed by atoms with E-state index >= 15 is 0 Å². The molecule has 178 valence electrons. The van der Waals surface area contributed by atoms with E-state index in [2.05, 4.69) is 26.0 Å². The van der Waals surface area contributed by atoms with Gasteiger partial charge in [-0.05, 0) is 47.9 Å². The summed E-state index contributed by atoms with van der Waals surface area (Å²) in [6, 6.07) is 14.1. The van der Waals surface area contributed by atoms with Crippen LogP contribution in [0.15, 0.2) is 53.4 Å². The Bertz CT molecular complexity index is 1220. The largest absolute Gasteiger partial charge is 0.497 e. The number of fused-ring (bicyclic) bond motifs is 1. The summed E-state index contributed by atoms with van der Waals surface area (Å²) in [6.45, 7) is 4.22. The summed E-state index contributed by atoms with van der Waals surface area (Å²) < 4.78 is 16.3. The monoisotopic (exact) mass is 479 g/mol. The van der Waals surface area contributed by atoms with Crippen molar-refractivity contribution in [2.24, 2.45) is 0 Å². The molecule has 6 nitrogen and oxygen atoms in total. The number of aliphatic hydroxyl groups excluding tert-OH is 1. The third-order valence-electron chi connectivity index (χ3n) is 5.78. The number of aromatic nitrogens is 1. The number of cyclic esters (lactones) is 1. The molecule has 34 heavy (non-hydrogen) atoms. The van der Waals surface area contributed by atoms with Crippen molar-refractivity contribution in [2.45, 2.75) is 49.7 Å². The van der Waals surface area contributed by atoms with Gasteiger partial charge in [0.1, 0.15) is 11.9 Å². The maximum absolute atomic E-state index is 11.8. The number of hydrogen-bond acceptors (Lipinski definition) is 7. The molecular formula is C27H29NO5S. The van der Waals surface area contributed by atoms with Crippen LogP contribution in [-0.4, -0.2) is 42.5 Å². The number of hydrogen-bond donors (Lipinski definition) is 1. The molecule has 3 aromatic rings.